The first-order valence-electron chi connectivity index (χ1n) is 10.9. The molecule has 0 saturated carbocycles. The predicted octanol–water partition coefficient (Wildman–Crippen LogP) is 4.87. The molecule has 4 heteroatoms. The van der Waals surface area contributed by atoms with Crippen LogP contribution in [0.15, 0.2) is 54.6 Å². The van der Waals surface area contributed by atoms with E-state index in [0.717, 1.165) is 30.9 Å². The maximum Gasteiger partial charge on any atom is 0.161 e. The number of piperidine rings is 1. The predicted molar refractivity (Wildman–Crippen MR) is 114 cm³/mol. The molecular weight excluding hydrogens is 362 g/mol. The van der Waals surface area contributed by atoms with E-state index in [1.165, 1.54) is 18.4 Å². The molecule has 4 nitrogen and oxygen atoms in total. The first-order chi connectivity index (χ1) is 14.2. The Labute approximate surface area is 173 Å². The molecule has 0 aliphatic carbocycles. The highest BCUT2D eigenvalue weighted by Crippen LogP contribution is 2.40. The van der Waals surface area contributed by atoms with Crippen LogP contribution in [0.5, 0.6) is 11.5 Å². The maximum atomic E-state index is 12.9. The zero-order chi connectivity index (χ0) is 20.1. The van der Waals surface area contributed by atoms with Gasteiger partial charge in [-0.25, -0.2) is 0 Å². The van der Waals surface area contributed by atoms with Crippen molar-refractivity contribution < 1.29 is 14.3 Å². The Morgan fingerprint density at radius 1 is 0.931 bits per heavy atom. The van der Waals surface area contributed by atoms with E-state index in [4.69, 9.17) is 9.47 Å². The molecule has 0 amide bonds. The van der Waals surface area contributed by atoms with Gasteiger partial charge in [0.05, 0.1) is 13.2 Å². The molecule has 0 aromatic heterocycles. The van der Waals surface area contributed by atoms with Crippen molar-refractivity contribution in [2.24, 2.45) is 5.92 Å². The van der Waals surface area contributed by atoms with E-state index in [0.29, 0.717) is 37.5 Å². The average Bonchev–Trinajstić information content (AvgIpc) is 2.97. The van der Waals surface area contributed by atoms with Crippen molar-refractivity contribution in [1.29, 1.82) is 0 Å². The van der Waals surface area contributed by atoms with Gasteiger partial charge in [0.1, 0.15) is 5.78 Å². The third-order valence-corrected chi connectivity index (χ3v) is 6.30. The molecule has 154 valence electrons. The van der Waals surface area contributed by atoms with Gasteiger partial charge in [-0.3, -0.25) is 9.69 Å². The monoisotopic (exact) mass is 393 g/mol. The molecule has 2 aromatic rings. The summed E-state index contributed by atoms with van der Waals surface area (Å²) in [5, 5.41) is 0. The van der Waals surface area contributed by atoms with E-state index in [9.17, 15) is 4.79 Å². The number of ether oxygens (including phenoxy) is 2. The fourth-order valence-electron chi connectivity index (χ4n) is 4.90. The van der Waals surface area contributed by atoms with Crippen LogP contribution in [0, 0.1) is 5.92 Å². The smallest absolute Gasteiger partial charge is 0.161 e. The lowest BCUT2D eigenvalue weighted by Gasteiger charge is -2.38. The van der Waals surface area contributed by atoms with Crippen molar-refractivity contribution in [3.05, 3.63) is 60.2 Å². The van der Waals surface area contributed by atoms with Crippen molar-refractivity contribution >= 4 is 5.78 Å². The number of fused-ring (bicyclic) bond motifs is 2. The number of carbonyl (C=O) groups is 1. The van der Waals surface area contributed by atoms with Gasteiger partial charge in [0.2, 0.25) is 0 Å². The van der Waals surface area contributed by atoms with E-state index in [1.54, 1.807) is 0 Å². The van der Waals surface area contributed by atoms with Crippen molar-refractivity contribution in [1.82, 2.24) is 4.90 Å². The quantitative estimate of drug-likeness (QED) is 0.609. The summed E-state index contributed by atoms with van der Waals surface area (Å²) >= 11 is 0. The number of nitrogens with zero attached hydrogens (tertiary/aromatic N) is 1. The van der Waals surface area contributed by atoms with Gasteiger partial charge in [-0.15, -0.1) is 0 Å². The lowest BCUT2D eigenvalue weighted by Crippen LogP contribution is -2.44. The van der Waals surface area contributed by atoms with Crippen LogP contribution in [0.4, 0.5) is 0 Å². The van der Waals surface area contributed by atoms with E-state index in [2.05, 4.69) is 35.2 Å². The normalized spacial score (nSPS) is 23.7. The summed E-state index contributed by atoms with van der Waals surface area (Å²) in [6.07, 6.45) is 4.91. The summed E-state index contributed by atoms with van der Waals surface area (Å²) in [4.78, 5) is 15.5. The second-order valence-corrected chi connectivity index (χ2v) is 8.16. The van der Waals surface area contributed by atoms with Crippen molar-refractivity contribution in [2.75, 3.05) is 13.2 Å². The van der Waals surface area contributed by atoms with Crippen LogP contribution >= 0.6 is 0 Å². The number of para-hydroxylation sites is 2. The third-order valence-electron chi connectivity index (χ3n) is 6.30. The van der Waals surface area contributed by atoms with Crippen LogP contribution in [0.3, 0.4) is 0 Å². The fraction of sp³-hybridized carbons (Fsp3) is 0.480. The highest BCUT2D eigenvalue weighted by molar-refractivity contribution is 5.81. The van der Waals surface area contributed by atoms with E-state index in [1.807, 2.05) is 31.2 Å². The van der Waals surface area contributed by atoms with Gasteiger partial charge in [-0.2, -0.15) is 0 Å². The second kappa shape index (κ2) is 9.45. The fourth-order valence-corrected chi connectivity index (χ4v) is 4.90. The lowest BCUT2D eigenvalue weighted by atomic mass is 9.86. The molecule has 4 rings (SSSR count). The first kappa shape index (κ1) is 20.0. The molecule has 2 aliphatic rings. The van der Waals surface area contributed by atoms with Crippen LogP contribution in [0.2, 0.25) is 0 Å². The number of hydrogen-bond acceptors (Lipinski definition) is 4. The van der Waals surface area contributed by atoms with Crippen molar-refractivity contribution in [3.63, 3.8) is 0 Å². The Morgan fingerprint density at radius 3 is 2.21 bits per heavy atom. The van der Waals surface area contributed by atoms with Gasteiger partial charge in [-0.1, -0.05) is 42.5 Å². The zero-order valence-electron chi connectivity index (χ0n) is 17.3. The third kappa shape index (κ3) is 4.81. The second-order valence-electron chi connectivity index (χ2n) is 8.16. The van der Waals surface area contributed by atoms with Crippen LogP contribution < -0.4 is 9.47 Å². The van der Waals surface area contributed by atoms with Crippen LogP contribution in [0.25, 0.3) is 0 Å². The van der Waals surface area contributed by atoms with E-state index >= 15 is 0 Å². The van der Waals surface area contributed by atoms with Gasteiger partial charge in [0.15, 0.2) is 11.5 Å². The van der Waals surface area contributed by atoms with Gasteiger partial charge >= 0.3 is 0 Å². The average molecular weight is 394 g/mol. The Kier molecular flexibility index (Phi) is 6.50. The number of ketones is 1. The summed E-state index contributed by atoms with van der Waals surface area (Å²) in [6, 6.07) is 19.4. The van der Waals surface area contributed by atoms with E-state index < -0.39 is 0 Å². The van der Waals surface area contributed by atoms with Crippen LogP contribution in [-0.4, -0.2) is 36.0 Å². The van der Waals surface area contributed by atoms with Gasteiger partial charge in [-0.05, 0) is 50.3 Å². The number of Topliss-reactive ketones (excluding diaryl/α,β-unsaturated/α-hetero) is 1. The molecule has 2 heterocycles. The summed E-state index contributed by atoms with van der Waals surface area (Å²) < 4.78 is 11.5. The number of carbonyl (C=O) groups excluding carboxylic acids is 1. The number of hydrogen-bond donors (Lipinski definition) is 0. The molecule has 0 radical (unpaired) electrons. The lowest BCUT2D eigenvalue weighted by molar-refractivity contribution is -0.125. The number of benzene rings is 2. The van der Waals surface area contributed by atoms with Gasteiger partial charge in [0.25, 0.3) is 0 Å². The van der Waals surface area contributed by atoms with Crippen LogP contribution in [-0.2, 0) is 11.3 Å². The Morgan fingerprint density at radius 2 is 1.55 bits per heavy atom. The van der Waals surface area contributed by atoms with Crippen molar-refractivity contribution in [3.8, 4) is 11.5 Å². The number of rotatable bonds is 9. The Balaban J connectivity index is 1.28. The molecule has 2 fully saturated rings. The molecule has 2 atom stereocenters. The molecule has 2 saturated heterocycles. The minimum absolute atomic E-state index is 0.185. The highest BCUT2D eigenvalue weighted by Gasteiger charge is 2.42. The molecule has 2 aromatic carbocycles. The minimum Gasteiger partial charge on any atom is -0.490 e. The SMILES string of the molecule is CCOc1ccccc1OCCC(=O)C1CC2CCC(C1)N2Cc1ccccc1. The largest absolute Gasteiger partial charge is 0.490 e. The zero-order valence-corrected chi connectivity index (χ0v) is 17.3. The highest BCUT2D eigenvalue weighted by atomic mass is 16.5. The molecule has 2 aliphatic heterocycles. The first-order valence-corrected chi connectivity index (χ1v) is 10.9. The van der Waals surface area contributed by atoms with Crippen LogP contribution in [0.1, 0.15) is 44.6 Å². The summed E-state index contributed by atoms with van der Waals surface area (Å²) in [6.45, 7) is 3.99. The molecule has 2 unspecified atom stereocenters. The Bertz CT molecular complexity index is 793. The minimum atomic E-state index is 0.185. The van der Waals surface area contributed by atoms with E-state index in [-0.39, 0.29) is 5.92 Å². The summed E-state index contributed by atoms with van der Waals surface area (Å²) in [5.74, 6) is 2.01. The molecule has 0 spiro atoms. The van der Waals surface area contributed by atoms with Gasteiger partial charge in [0, 0.05) is 31.0 Å². The van der Waals surface area contributed by atoms with Crippen molar-refractivity contribution in [2.45, 2.75) is 57.7 Å². The molecule has 2 bridgehead atoms. The topological polar surface area (TPSA) is 38.8 Å². The summed E-state index contributed by atoms with van der Waals surface area (Å²) in [5.41, 5.74) is 1.37. The molecule has 0 N–H and O–H groups in total. The Hall–Kier alpha value is -2.33. The molecule has 29 heavy (non-hydrogen) atoms. The standard InChI is InChI=1S/C25H31NO3/c1-2-28-24-10-6-7-11-25(24)29-15-14-23(27)20-16-21-12-13-22(17-20)26(21)18-19-8-4-3-5-9-19/h3-11,20-22H,2,12-18H2,1H3. The maximum absolute atomic E-state index is 12.9. The molecular formula is C25H31NO3. The van der Waals surface area contributed by atoms with Gasteiger partial charge < -0.3 is 9.47 Å². The summed E-state index contributed by atoms with van der Waals surface area (Å²) in [7, 11) is 0.